The van der Waals surface area contributed by atoms with Gasteiger partial charge in [0.25, 0.3) is 6.41 Å². The summed E-state index contributed by atoms with van der Waals surface area (Å²) in [6, 6.07) is 0. The first-order chi connectivity index (χ1) is 4.35. The van der Waals surface area contributed by atoms with E-state index in [4.69, 9.17) is 5.11 Å². The van der Waals surface area contributed by atoms with Gasteiger partial charge in [0.2, 0.25) is 0 Å². The predicted molar refractivity (Wildman–Crippen MR) is 31.1 cm³/mol. The van der Waals surface area contributed by atoms with E-state index in [1.807, 2.05) is 5.16 Å². The summed E-state index contributed by atoms with van der Waals surface area (Å²) in [6.07, 6.45) is 0.246. The van der Waals surface area contributed by atoms with Crippen molar-refractivity contribution in [3.63, 3.8) is 0 Å². The molecule has 0 radical (unpaired) electrons. The van der Waals surface area contributed by atoms with Gasteiger partial charge in [-0.25, -0.2) is 4.84 Å². The van der Waals surface area contributed by atoms with Gasteiger partial charge < -0.3 is 5.11 Å². The van der Waals surface area contributed by atoms with Gasteiger partial charge in [-0.2, -0.15) is 0 Å². The Bertz CT molecular complexity index is 133. The number of hydroxylamine groups is 1. The standard InChI is InChI=1S/C3H4N2O3S/c6-2-5(4-1-9)8-3-7/h2,7H,3H2. The summed E-state index contributed by atoms with van der Waals surface area (Å²) >= 11 is 4.13. The molecular formula is C3H4N2O3S. The Kier molecular flexibility index (Phi) is 4.85. The third-order valence-corrected chi connectivity index (χ3v) is 0.501. The molecule has 0 unspecified atom stereocenters. The molecule has 50 valence electrons. The first kappa shape index (κ1) is 8.19. The van der Waals surface area contributed by atoms with Crippen LogP contribution in [0.15, 0.2) is 5.10 Å². The van der Waals surface area contributed by atoms with Crippen LogP contribution >= 0.6 is 12.2 Å². The molecule has 5 nitrogen and oxygen atoms in total. The quantitative estimate of drug-likeness (QED) is 0.189. The number of nitrogens with zero attached hydrogens (tertiary/aromatic N) is 2. The fourth-order valence-electron chi connectivity index (χ4n) is 0.182. The molecule has 9 heavy (non-hydrogen) atoms. The van der Waals surface area contributed by atoms with Crippen molar-refractivity contribution in [1.82, 2.24) is 5.17 Å². The molecule has 0 atom stereocenters. The minimum atomic E-state index is -0.626. The molecule has 0 aromatic rings. The van der Waals surface area contributed by atoms with Gasteiger partial charge in [0.05, 0.1) is 5.16 Å². The highest BCUT2D eigenvalue weighted by molar-refractivity contribution is 7.78. The predicted octanol–water partition coefficient (Wildman–Crippen LogP) is -0.656. The van der Waals surface area contributed by atoms with E-state index in [2.05, 4.69) is 22.2 Å². The van der Waals surface area contributed by atoms with Crippen molar-refractivity contribution in [3.05, 3.63) is 0 Å². The second-order valence-corrected chi connectivity index (χ2v) is 1.04. The Labute approximate surface area is 56.5 Å². The lowest BCUT2D eigenvalue weighted by Gasteiger charge is -2.03. The maximum Gasteiger partial charge on any atom is 0.257 e. The zero-order chi connectivity index (χ0) is 7.11. The van der Waals surface area contributed by atoms with Gasteiger partial charge in [-0.05, 0) is 12.2 Å². The lowest BCUT2D eigenvalue weighted by molar-refractivity contribution is -0.201. The summed E-state index contributed by atoms with van der Waals surface area (Å²) < 4.78 is 0. The van der Waals surface area contributed by atoms with E-state index in [9.17, 15) is 4.79 Å². The summed E-state index contributed by atoms with van der Waals surface area (Å²) in [6.45, 7) is -0.626. The van der Waals surface area contributed by atoms with Crippen LogP contribution in [0.2, 0.25) is 0 Å². The van der Waals surface area contributed by atoms with Gasteiger partial charge in [-0.3, -0.25) is 4.79 Å². The number of thiocarbonyl (C=S) groups is 1. The van der Waals surface area contributed by atoms with Gasteiger partial charge in [0.15, 0.2) is 6.79 Å². The highest BCUT2D eigenvalue weighted by Gasteiger charge is 1.92. The fraction of sp³-hybridized carbons (Fsp3) is 0.333. The normalized spacial score (nSPS) is 7.67. The van der Waals surface area contributed by atoms with E-state index in [-0.39, 0.29) is 6.41 Å². The van der Waals surface area contributed by atoms with Gasteiger partial charge >= 0.3 is 0 Å². The van der Waals surface area contributed by atoms with Crippen LogP contribution in [0.1, 0.15) is 0 Å². The van der Waals surface area contributed by atoms with E-state index >= 15 is 0 Å². The number of rotatable bonds is 4. The third kappa shape index (κ3) is 3.75. The van der Waals surface area contributed by atoms with Crippen molar-refractivity contribution >= 4 is 23.8 Å². The molecule has 0 rings (SSSR count). The van der Waals surface area contributed by atoms with Crippen LogP contribution in [0.4, 0.5) is 0 Å². The van der Waals surface area contributed by atoms with E-state index in [1.54, 1.807) is 0 Å². The molecule has 1 amide bonds. The van der Waals surface area contributed by atoms with Gasteiger partial charge in [0.1, 0.15) is 0 Å². The fourth-order valence-corrected chi connectivity index (χ4v) is 0.263. The first-order valence-electron chi connectivity index (χ1n) is 1.91. The number of carbonyl (C=O) groups excluding carboxylic acids is 1. The molecule has 0 aliphatic heterocycles. The molecule has 0 saturated heterocycles. The molecule has 0 bridgehead atoms. The maximum atomic E-state index is 9.79. The second kappa shape index (κ2) is 5.33. The van der Waals surface area contributed by atoms with Crippen molar-refractivity contribution in [2.75, 3.05) is 6.79 Å². The molecule has 0 aliphatic rings. The molecule has 0 saturated carbocycles. The zero-order valence-electron chi connectivity index (χ0n) is 4.35. The summed E-state index contributed by atoms with van der Waals surface area (Å²) in [5.41, 5.74) is 0. The van der Waals surface area contributed by atoms with Crippen molar-refractivity contribution in [1.29, 1.82) is 0 Å². The number of hydrazone groups is 1. The number of aliphatic hydroxyl groups is 1. The highest BCUT2D eigenvalue weighted by Crippen LogP contribution is 1.81. The summed E-state index contributed by atoms with van der Waals surface area (Å²) in [4.78, 5) is 14.0. The van der Waals surface area contributed by atoms with E-state index in [0.29, 0.717) is 5.17 Å². The van der Waals surface area contributed by atoms with Crippen LogP contribution in [0.25, 0.3) is 0 Å². The number of amides is 1. The average Bonchev–Trinajstić information content (AvgIpc) is 1.88. The van der Waals surface area contributed by atoms with Crippen LogP contribution < -0.4 is 0 Å². The number of isothiocyanates is 1. The minimum absolute atomic E-state index is 0.246. The van der Waals surface area contributed by atoms with E-state index in [1.165, 1.54) is 0 Å². The molecule has 6 heteroatoms. The molecule has 0 aromatic carbocycles. The van der Waals surface area contributed by atoms with Crippen LogP contribution in [-0.4, -0.2) is 28.6 Å². The topological polar surface area (TPSA) is 62.1 Å². The van der Waals surface area contributed by atoms with Crippen molar-refractivity contribution in [3.8, 4) is 0 Å². The second-order valence-electron chi connectivity index (χ2n) is 0.857. The lowest BCUT2D eigenvalue weighted by atomic mass is 11.3. The molecular weight excluding hydrogens is 144 g/mol. The average molecular weight is 148 g/mol. The maximum absolute atomic E-state index is 9.79. The largest absolute Gasteiger partial charge is 0.368 e. The van der Waals surface area contributed by atoms with Gasteiger partial charge in [0, 0.05) is 0 Å². The van der Waals surface area contributed by atoms with Gasteiger partial charge in [-0.1, -0.05) is 10.3 Å². The molecule has 0 aliphatic carbocycles. The van der Waals surface area contributed by atoms with E-state index in [0.717, 1.165) is 0 Å². The Morgan fingerprint density at radius 3 is 3.00 bits per heavy atom. The van der Waals surface area contributed by atoms with Crippen LogP contribution in [0.3, 0.4) is 0 Å². The zero-order valence-corrected chi connectivity index (χ0v) is 5.17. The first-order valence-corrected chi connectivity index (χ1v) is 2.32. The van der Waals surface area contributed by atoms with E-state index < -0.39 is 6.79 Å². The summed E-state index contributed by atoms with van der Waals surface area (Å²) in [5.74, 6) is 0. The SMILES string of the molecule is O=CN(N=C=S)OCO. The Balaban J connectivity index is 3.67. The van der Waals surface area contributed by atoms with Crippen molar-refractivity contribution in [2.45, 2.75) is 0 Å². The van der Waals surface area contributed by atoms with Crippen LogP contribution in [0.5, 0.6) is 0 Å². The number of aliphatic hydroxyl groups excluding tert-OH is 1. The molecule has 0 heterocycles. The molecule has 0 fully saturated rings. The van der Waals surface area contributed by atoms with Gasteiger partial charge in [-0.15, -0.1) is 0 Å². The Morgan fingerprint density at radius 1 is 2.00 bits per heavy atom. The van der Waals surface area contributed by atoms with Crippen molar-refractivity contribution < 1.29 is 14.7 Å². The number of carbonyl (C=O) groups is 1. The van der Waals surface area contributed by atoms with Crippen molar-refractivity contribution in [2.24, 2.45) is 5.10 Å². The molecule has 1 N–H and O–H groups in total. The summed E-state index contributed by atoms with van der Waals surface area (Å²) in [7, 11) is 0. The monoisotopic (exact) mass is 148 g/mol. The smallest absolute Gasteiger partial charge is 0.257 e. The summed E-state index contributed by atoms with van der Waals surface area (Å²) in [5, 5.41) is 13.5. The number of hydrogen-bond acceptors (Lipinski definition) is 5. The third-order valence-electron chi connectivity index (χ3n) is 0.420. The lowest BCUT2D eigenvalue weighted by Crippen LogP contribution is -2.15. The number of hydrogen-bond donors (Lipinski definition) is 1. The Morgan fingerprint density at radius 2 is 2.67 bits per heavy atom. The molecule has 0 spiro atoms. The van der Waals surface area contributed by atoms with Crippen LogP contribution in [-0.2, 0) is 9.63 Å². The molecule has 0 aromatic heterocycles. The minimum Gasteiger partial charge on any atom is -0.368 e. The Hall–Kier alpha value is -0.810. The van der Waals surface area contributed by atoms with Crippen LogP contribution in [0, 0.1) is 0 Å². The highest BCUT2D eigenvalue weighted by atomic mass is 32.1.